The Hall–Kier alpha value is -2.74. The number of nitrogens with two attached hydrogens (primary N) is 1. The van der Waals surface area contributed by atoms with Crippen molar-refractivity contribution in [2.45, 2.75) is 12.8 Å². The normalized spacial score (nSPS) is 11.2. The first-order chi connectivity index (χ1) is 11.9. The summed E-state index contributed by atoms with van der Waals surface area (Å²) in [6, 6.07) is 4.00. The molecule has 0 saturated heterocycles. The highest BCUT2D eigenvalue weighted by Gasteiger charge is 2.17. The van der Waals surface area contributed by atoms with Gasteiger partial charge in [-0.15, -0.1) is 0 Å². The highest BCUT2D eigenvalue weighted by Crippen LogP contribution is 2.19. The molecule has 0 aliphatic heterocycles. The molecule has 1 aromatic heterocycles. The molecule has 3 rings (SSSR count). The van der Waals surface area contributed by atoms with E-state index >= 15 is 0 Å². The maximum atomic E-state index is 14.0. The molecule has 3 aromatic rings. The van der Waals surface area contributed by atoms with Crippen molar-refractivity contribution in [3.63, 3.8) is 0 Å². The number of aryl methyl sites for hydroxylation is 1. The second-order valence-electron chi connectivity index (χ2n) is 5.47. The Morgan fingerprint density at radius 2 is 1.60 bits per heavy atom. The van der Waals surface area contributed by atoms with Crippen LogP contribution >= 0.6 is 0 Å². The molecular formula is C17H13F4N3O. The molecule has 0 amide bonds. The molecule has 130 valence electrons. The van der Waals surface area contributed by atoms with Crippen LogP contribution in [0.3, 0.4) is 0 Å². The topological polar surface area (TPSA) is 60.9 Å². The molecule has 0 radical (unpaired) electrons. The van der Waals surface area contributed by atoms with Gasteiger partial charge < -0.3 is 5.73 Å². The molecule has 0 atom stereocenters. The fourth-order valence-electron chi connectivity index (χ4n) is 2.62. The lowest BCUT2D eigenvalue weighted by Gasteiger charge is -2.14. The Labute approximate surface area is 139 Å². The van der Waals surface area contributed by atoms with Gasteiger partial charge >= 0.3 is 0 Å². The number of fused-ring (bicyclic) bond motifs is 1. The SMILES string of the molecule is NCCCc1nc2c(F)cc(F)cc2c(=O)n1-c1cc(F)cc(F)c1. The molecule has 0 unspecified atom stereocenters. The number of rotatable bonds is 4. The van der Waals surface area contributed by atoms with Gasteiger partial charge in [0, 0.05) is 18.6 Å². The van der Waals surface area contributed by atoms with Crippen LogP contribution in [0.15, 0.2) is 35.1 Å². The third-order valence-electron chi connectivity index (χ3n) is 3.67. The third kappa shape index (κ3) is 3.25. The quantitative estimate of drug-likeness (QED) is 0.736. The highest BCUT2D eigenvalue weighted by molar-refractivity contribution is 5.78. The van der Waals surface area contributed by atoms with Crippen LogP contribution in [0.2, 0.25) is 0 Å². The first kappa shape index (κ1) is 17.1. The van der Waals surface area contributed by atoms with E-state index in [-0.39, 0.29) is 35.4 Å². The van der Waals surface area contributed by atoms with Crippen molar-refractivity contribution in [1.29, 1.82) is 0 Å². The fourth-order valence-corrected chi connectivity index (χ4v) is 2.62. The molecule has 0 saturated carbocycles. The summed E-state index contributed by atoms with van der Waals surface area (Å²) in [7, 11) is 0. The zero-order chi connectivity index (χ0) is 18.1. The molecule has 0 aliphatic rings. The summed E-state index contributed by atoms with van der Waals surface area (Å²) in [4.78, 5) is 16.8. The van der Waals surface area contributed by atoms with Crippen LogP contribution < -0.4 is 11.3 Å². The van der Waals surface area contributed by atoms with Gasteiger partial charge in [0.25, 0.3) is 5.56 Å². The molecule has 8 heteroatoms. The summed E-state index contributed by atoms with van der Waals surface area (Å²) in [5, 5.41) is -0.321. The number of hydrogen-bond donors (Lipinski definition) is 1. The number of halogens is 4. The van der Waals surface area contributed by atoms with E-state index in [9.17, 15) is 22.4 Å². The molecular weight excluding hydrogens is 338 g/mol. The second-order valence-corrected chi connectivity index (χ2v) is 5.47. The standard InChI is InChI=1S/C17H13F4N3O/c18-9-4-10(19)6-12(5-9)24-15(2-1-3-22)23-16-13(17(24)25)7-11(20)8-14(16)21/h4-8H,1-3,22H2. The number of benzene rings is 2. The maximum absolute atomic E-state index is 14.0. The van der Waals surface area contributed by atoms with Gasteiger partial charge in [-0.1, -0.05) is 0 Å². The first-order valence-electron chi connectivity index (χ1n) is 7.48. The first-order valence-corrected chi connectivity index (χ1v) is 7.48. The van der Waals surface area contributed by atoms with Crippen molar-refractivity contribution in [3.05, 3.63) is 69.8 Å². The largest absolute Gasteiger partial charge is 0.330 e. The summed E-state index contributed by atoms with van der Waals surface area (Å²) in [6.07, 6.45) is 0.592. The van der Waals surface area contributed by atoms with Crippen molar-refractivity contribution in [3.8, 4) is 5.69 Å². The van der Waals surface area contributed by atoms with E-state index in [1.807, 2.05) is 0 Å². The Morgan fingerprint density at radius 3 is 2.24 bits per heavy atom. The summed E-state index contributed by atoms with van der Waals surface area (Å²) in [5.41, 5.74) is 4.22. The van der Waals surface area contributed by atoms with E-state index in [2.05, 4.69) is 4.98 Å². The van der Waals surface area contributed by atoms with Crippen molar-refractivity contribution in [1.82, 2.24) is 9.55 Å². The van der Waals surface area contributed by atoms with Crippen LogP contribution in [-0.2, 0) is 6.42 Å². The smallest absolute Gasteiger partial charge is 0.266 e. The van der Waals surface area contributed by atoms with E-state index in [0.717, 1.165) is 22.8 Å². The van der Waals surface area contributed by atoms with E-state index in [1.165, 1.54) is 0 Å². The zero-order valence-electron chi connectivity index (χ0n) is 12.9. The van der Waals surface area contributed by atoms with E-state index in [4.69, 9.17) is 5.73 Å². The van der Waals surface area contributed by atoms with Crippen molar-refractivity contribution in [2.24, 2.45) is 5.73 Å². The number of nitrogens with zero attached hydrogens (tertiary/aromatic N) is 2. The third-order valence-corrected chi connectivity index (χ3v) is 3.67. The van der Waals surface area contributed by atoms with Crippen molar-refractivity contribution < 1.29 is 17.6 Å². The lowest BCUT2D eigenvalue weighted by atomic mass is 10.2. The molecule has 1 heterocycles. The Bertz CT molecular complexity index is 997. The summed E-state index contributed by atoms with van der Waals surface area (Å²) in [6.45, 7) is 0.275. The van der Waals surface area contributed by atoms with Gasteiger partial charge in [-0.2, -0.15) is 0 Å². The van der Waals surface area contributed by atoms with Gasteiger partial charge in [0.2, 0.25) is 0 Å². The van der Waals surface area contributed by atoms with E-state index in [1.54, 1.807) is 0 Å². The minimum absolute atomic E-state index is 0.0819. The summed E-state index contributed by atoms with van der Waals surface area (Å²) < 4.78 is 55.5. The number of hydrogen-bond acceptors (Lipinski definition) is 3. The van der Waals surface area contributed by atoms with Gasteiger partial charge in [-0.3, -0.25) is 9.36 Å². The lowest BCUT2D eigenvalue weighted by Crippen LogP contribution is -2.25. The monoisotopic (exact) mass is 351 g/mol. The van der Waals surface area contributed by atoms with Crippen LogP contribution in [0.5, 0.6) is 0 Å². The van der Waals surface area contributed by atoms with Gasteiger partial charge in [-0.25, -0.2) is 22.5 Å². The predicted molar refractivity (Wildman–Crippen MR) is 84.5 cm³/mol. The van der Waals surface area contributed by atoms with Crippen LogP contribution in [0.25, 0.3) is 16.6 Å². The maximum Gasteiger partial charge on any atom is 0.266 e. The molecule has 0 spiro atoms. The second kappa shape index (κ2) is 6.64. The Kier molecular flexibility index (Phi) is 4.54. The van der Waals surface area contributed by atoms with E-state index in [0.29, 0.717) is 18.6 Å². The van der Waals surface area contributed by atoms with Crippen LogP contribution in [0.1, 0.15) is 12.2 Å². The van der Waals surface area contributed by atoms with Gasteiger partial charge in [0.05, 0.1) is 11.1 Å². The van der Waals surface area contributed by atoms with Crippen LogP contribution in [-0.4, -0.2) is 16.1 Å². The molecule has 0 bridgehead atoms. The molecule has 0 aliphatic carbocycles. The predicted octanol–water partition coefficient (Wildman–Crippen LogP) is 2.83. The fraction of sp³-hybridized carbons (Fsp3) is 0.176. The molecule has 2 aromatic carbocycles. The van der Waals surface area contributed by atoms with Crippen molar-refractivity contribution >= 4 is 10.9 Å². The minimum atomic E-state index is -0.987. The molecule has 0 fully saturated rings. The highest BCUT2D eigenvalue weighted by atomic mass is 19.1. The average Bonchev–Trinajstić information content (AvgIpc) is 2.53. The Balaban J connectivity index is 2.38. The minimum Gasteiger partial charge on any atom is -0.330 e. The van der Waals surface area contributed by atoms with E-state index < -0.39 is 28.8 Å². The van der Waals surface area contributed by atoms with Crippen LogP contribution in [0.4, 0.5) is 17.6 Å². The Morgan fingerprint density at radius 1 is 0.960 bits per heavy atom. The molecule has 4 nitrogen and oxygen atoms in total. The summed E-state index contributed by atoms with van der Waals surface area (Å²) >= 11 is 0. The molecule has 25 heavy (non-hydrogen) atoms. The average molecular weight is 351 g/mol. The van der Waals surface area contributed by atoms with Gasteiger partial charge in [0.15, 0.2) is 5.82 Å². The summed E-state index contributed by atoms with van der Waals surface area (Å²) in [5.74, 6) is -3.64. The van der Waals surface area contributed by atoms with Gasteiger partial charge in [-0.05, 0) is 31.2 Å². The van der Waals surface area contributed by atoms with Gasteiger partial charge in [0.1, 0.15) is 28.8 Å². The molecule has 2 N–H and O–H groups in total. The van der Waals surface area contributed by atoms with Crippen molar-refractivity contribution in [2.75, 3.05) is 6.54 Å². The number of aromatic nitrogens is 2. The lowest BCUT2D eigenvalue weighted by molar-refractivity contribution is 0.578. The van der Waals surface area contributed by atoms with Crippen LogP contribution in [0, 0.1) is 23.3 Å². The zero-order valence-corrected chi connectivity index (χ0v) is 12.9.